The number of esters is 1. The van der Waals surface area contributed by atoms with Crippen LogP contribution in [-0.4, -0.2) is 47.4 Å². The number of hydrogen-bond donors (Lipinski definition) is 1. The van der Waals surface area contributed by atoms with Gasteiger partial charge in [0.2, 0.25) is 11.0 Å². The number of thioether (sulfide) groups is 1. The van der Waals surface area contributed by atoms with Crippen molar-refractivity contribution in [2.45, 2.75) is 4.34 Å². The number of anilines is 2. The Morgan fingerprint density at radius 1 is 1.21 bits per heavy atom. The topological polar surface area (TPSA) is 101 Å². The highest BCUT2D eigenvalue weighted by molar-refractivity contribution is 8.01. The van der Waals surface area contributed by atoms with E-state index in [2.05, 4.69) is 20.3 Å². The lowest BCUT2D eigenvalue weighted by atomic mass is 10.1. The maximum absolute atomic E-state index is 12.7. The second-order valence-corrected chi connectivity index (χ2v) is 8.06. The van der Waals surface area contributed by atoms with Crippen molar-refractivity contribution in [2.24, 2.45) is 0 Å². The Morgan fingerprint density at radius 3 is 2.79 bits per heavy atom. The highest BCUT2D eigenvalue weighted by Crippen LogP contribution is 2.37. The van der Waals surface area contributed by atoms with E-state index in [9.17, 15) is 14.4 Å². The molecule has 0 spiro atoms. The number of rotatable bonds is 6. The summed E-state index contributed by atoms with van der Waals surface area (Å²) in [5.74, 6) is -0.830. The number of carbonyl (C=O) groups excluding carboxylic acids is 3. The van der Waals surface area contributed by atoms with Gasteiger partial charge in [-0.3, -0.25) is 24.6 Å². The van der Waals surface area contributed by atoms with Gasteiger partial charge in [0.1, 0.15) is 6.54 Å². The van der Waals surface area contributed by atoms with E-state index in [1.165, 1.54) is 23.8 Å². The van der Waals surface area contributed by atoms with Crippen molar-refractivity contribution in [2.75, 3.05) is 29.6 Å². The number of benzene rings is 2. The largest absolute Gasteiger partial charge is 0.468 e. The molecule has 1 aliphatic rings. The number of aromatic nitrogens is 2. The first kappa shape index (κ1) is 18.4. The molecule has 0 saturated heterocycles. The van der Waals surface area contributed by atoms with Gasteiger partial charge in [-0.1, -0.05) is 47.4 Å². The first-order chi connectivity index (χ1) is 13.6. The predicted octanol–water partition coefficient (Wildman–Crippen LogP) is 2.56. The van der Waals surface area contributed by atoms with E-state index in [-0.39, 0.29) is 30.1 Å². The summed E-state index contributed by atoms with van der Waals surface area (Å²) in [5, 5.41) is 12.6. The fourth-order valence-electron chi connectivity index (χ4n) is 2.94. The number of amides is 2. The van der Waals surface area contributed by atoms with Gasteiger partial charge in [0.15, 0.2) is 4.34 Å². The van der Waals surface area contributed by atoms with Gasteiger partial charge in [-0.05, 0) is 17.5 Å². The molecule has 0 bridgehead atoms. The van der Waals surface area contributed by atoms with Gasteiger partial charge in [0, 0.05) is 10.9 Å². The highest BCUT2D eigenvalue weighted by Gasteiger charge is 2.31. The monoisotopic (exact) mass is 414 g/mol. The quantitative estimate of drug-likeness (QED) is 0.376. The van der Waals surface area contributed by atoms with Gasteiger partial charge in [0.25, 0.3) is 5.91 Å². The number of nitrogens with zero attached hydrogens (tertiary/aromatic N) is 3. The third kappa shape index (κ3) is 3.43. The molecule has 142 valence electrons. The second-order valence-electron chi connectivity index (χ2n) is 5.86. The molecule has 10 heteroatoms. The smallest absolute Gasteiger partial charge is 0.316 e. The number of ether oxygens (including phenoxy) is 1. The minimum absolute atomic E-state index is 0.115. The molecule has 0 unspecified atom stereocenters. The minimum Gasteiger partial charge on any atom is -0.468 e. The summed E-state index contributed by atoms with van der Waals surface area (Å²) in [6.45, 7) is -0.128. The average Bonchev–Trinajstić information content (AvgIpc) is 3.25. The number of nitrogens with one attached hydrogen (secondary N) is 1. The fourth-order valence-corrected chi connectivity index (χ4v) is 4.54. The number of hydrogen-bond acceptors (Lipinski definition) is 8. The van der Waals surface area contributed by atoms with Gasteiger partial charge in [-0.15, -0.1) is 10.2 Å². The fraction of sp³-hybridized carbons (Fsp3) is 0.167. The Bertz CT molecular complexity index is 1090. The molecule has 0 fully saturated rings. The lowest BCUT2D eigenvalue weighted by molar-refractivity contribution is -0.137. The van der Waals surface area contributed by atoms with Crippen molar-refractivity contribution in [3.63, 3.8) is 0 Å². The Kier molecular flexibility index (Phi) is 4.97. The van der Waals surface area contributed by atoms with Gasteiger partial charge in [-0.25, -0.2) is 0 Å². The van der Waals surface area contributed by atoms with E-state index in [1.807, 2.05) is 30.3 Å². The van der Waals surface area contributed by atoms with E-state index >= 15 is 0 Å². The summed E-state index contributed by atoms with van der Waals surface area (Å²) in [7, 11) is 1.31. The maximum atomic E-state index is 12.7. The van der Waals surface area contributed by atoms with Gasteiger partial charge >= 0.3 is 5.97 Å². The summed E-state index contributed by atoms with van der Waals surface area (Å²) < 4.78 is 5.10. The summed E-state index contributed by atoms with van der Waals surface area (Å²) in [6.07, 6.45) is 0. The van der Waals surface area contributed by atoms with Gasteiger partial charge < -0.3 is 4.74 Å². The maximum Gasteiger partial charge on any atom is 0.316 e. The molecular formula is C18H14N4O4S2. The minimum atomic E-state index is -0.376. The molecule has 2 heterocycles. The zero-order valence-corrected chi connectivity index (χ0v) is 16.3. The van der Waals surface area contributed by atoms with Crippen LogP contribution in [0.1, 0.15) is 10.4 Å². The van der Waals surface area contributed by atoms with Crippen molar-refractivity contribution < 1.29 is 19.1 Å². The molecular weight excluding hydrogens is 400 g/mol. The Balaban J connectivity index is 1.44. The highest BCUT2D eigenvalue weighted by atomic mass is 32.2. The van der Waals surface area contributed by atoms with Crippen molar-refractivity contribution >= 4 is 62.5 Å². The van der Waals surface area contributed by atoms with E-state index < -0.39 is 0 Å². The van der Waals surface area contributed by atoms with E-state index in [0.29, 0.717) is 15.0 Å². The Morgan fingerprint density at radius 2 is 2.00 bits per heavy atom. The van der Waals surface area contributed by atoms with Crippen LogP contribution in [0.3, 0.4) is 0 Å². The molecule has 2 aromatic carbocycles. The van der Waals surface area contributed by atoms with Crippen LogP contribution in [0.15, 0.2) is 40.7 Å². The first-order valence-electron chi connectivity index (χ1n) is 8.23. The van der Waals surface area contributed by atoms with E-state index in [4.69, 9.17) is 0 Å². The van der Waals surface area contributed by atoms with E-state index in [1.54, 1.807) is 6.07 Å². The SMILES string of the molecule is COC(=O)CSc1nnc(NC(=O)CN2C(=O)c3cccc4cccc2c34)s1. The van der Waals surface area contributed by atoms with Crippen molar-refractivity contribution in [1.82, 2.24) is 10.2 Å². The zero-order chi connectivity index (χ0) is 19.7. The molecule has 2 amide bonds. The molecule has 0 saturated carbocycles. The van der Waals surface area contributed by atoms with Crippen molar-refractivity contribution in [3.05, 3.63) is 42.0 Å². The van der Waals surface area contributed by atoms with Crippen LogP contribution in [0, 0.1) is 0 Å². The van der Waals surface area contributed by atoms with E-state index in [0.717, 1.165) is 27.8 Å². The molecule has 1 aromatic heterocycles. The van der Waals surface area contributed by atoms with Crippen LogP contribution in [0.25, 0.3) is 10.8 Å². The van der Waals surface area contributed by atoms with Crippen LogP contribution < -0.4 is 10.2 Å². The normalized spacial score (nSPS) is 12.5. The lowest BCUT2D eigenvalue weighted by Gasteiger charge is -2.16. The molecule has 8 nitrogen and oxygen atoms in total. The standard InChI is InChI=1S/C18H14N4O4S2/c1-26-14(24)9-27-18-21-20-17(28-18)19-13(23)8-22-12-7-3-5-10-4-2-6-11(15(10)12)16(22)25/h2-7H,8-9H2,1H3,(H,19,20,23). The van der Waals surface area contributed by atoms with Crippen LogP contribution in [0.5, 0.6) is 0 Å². The van der Waals surface area contributed by atoms with Gasteiger partial charge in [0.05, 0.1) is 18.6 Å². The number of methoxy groups -OCH3 is 1. The van der Waals surface area contributed by atoms with Crippen molar-refractivity contribution in [3.8, 4) is 0 Å². The molecule has 0 radical (unpaired) electrons. The first-order valence-corrected chi connectivity index (χ1v) is 10.0. The number of carbonyl (C=O) groups is 3. The molecule has 0 aliphatic carbocycles. The molecule has 1 N–H and O–H groups in total. The Hall–Kier alpha value is -2.98. The third-order valence-corrected chi connectivity index (χ3v) is 6.09. The van der Waals surface area contributed by atoms with Crippen LogP contribution in [0.2, 0.25) is 0 Å². The third-order valence-electron chi connectivity index (χ3n) is 4.14. The molecule has 4 rings (SSSR count). The van der Waals surface area contributed by atoms with Gasteiger partial charge in [-0.2, -0.15) is 0 Å². The second kappa shape index (κ2) is 7.56. The predicted molar refractivity (Wildman–Crippen MR) is 107 cm³/mol. The zero-order valence-electron chi connectivity index (χ0n) is 14.7. The molecule has 1 aliphatic heterocycles. The summed E-state index contributed by atoms with van der Waals surface area (Å²) in [5.41, 5.74) is 1.32. The molecule has 28 heavy (non-hydrogen) atoms. The average molecular weight is 414 g/mol. The van der Waals surface area contributed by atoms with Crippen LogP contribution in [0.4, 0.5) is 10.8 Å². The molecule has 0 atom stereocenters. The molecule has 3 aromatic rings. The summed E-state index contributed by atoms with van der Waals surface area (Å²) in [6, 6.07) is 11.2. The summed E-state index contributed by atoms with van der Waals surface area (Å²) >= 11 is 2.33. The summed E-state index contributed by atoms with van der Waals surface area (Å²) in [4.78, 5) is 37.8. The van der Waals surface area contributed by atoms with Crippen LogP contribution in [-0.2, 0) is 14.3 Å². The van der Waals surface area contributed by atoms with Crippen molar-refractivity contribution in [1.29, 1.82) is 0 Å². The van der Waals surface area contributed by atoms with Crippen LogP contribution >= 0.6 is 23.1 Å². The Labute approximate surface area is 167 Å². The lowest BCUT2D eigenvalue weighted by Crippen LogP contribution is -2.35.